The van der Waals surface area contributed by atoms with Crippen molar-refractivity contribution in [3.63, 3.8) is 0 Å². The second kappa shape index (κ2) is 8.00. The number of aliphatic carboxylic acids is 1. The summed E-state index contributed by atoms with van der Waals surface area (Å²) >= 11 is 6.47. The number of carboxylic acid groups (broad SMARTS) is 1. The van der Waals surface area contributed by atoms with Gasteiger partial charge in [0.25, 0.3) is 16.0 Å². The SMILES string of the molecule is O=C(O)CCN1C(=O)C(=Cc2ccc(-c3ccc(Cl)cc3)o2)SC1S(=O)(=O)O. The van der Waals surface area contributed by atoms with E-state index in [2.05, 4.69) is 0 Å². The van der Waals surface area contributed by atoms with Crippen LogP contribution in [0.2, 0.25) is 5.02 Å². The van der Waals surface area contributed by atoms with Gasteiger partial charge in [0.15, 0.2) is 0 Å². The molecule has 1 aliphatic rings. The minimum atomic E-state index is -4.61. The Hall–Kier alpha value is -2.27. The monoisotopic (exact) mass is 443 g/mol. The van der Waals surface area contributed by atoms with Gasteiger partial charge >= 0.3 is 5.97 Å². The zero-order valence-corrected chi connectivity index (χ0v) is 16.5. The maximum Gasteiger partial charge on any atom is 0.305 e. The van der Waals surface area contributed by atoms with Crippen LogP contribution in [-0.4, -0.2) is 46.1 Å². The molecule has 0 bridgehead atoms. The molecule has 1 saturated heterocycles. The van der Waals surface area contributed by atoms with Crippen LogP contribution in [0.3, 0.4) is 0 Å². The molecule has 8 nitrogen and oxygen atoms in total. The predicted octanol–water partition coefficient (Wildman–Crippen LogP) is 3.16. The van der Waals surface area contributed by atoms with E-state index in [0.29, 0.717) is 28.3 Å². The Morgan fingerprint density at radius 1 is 1.25 bits per heavy atom. The first-order valence-electron chi connectivity index (χ1n) is 7.88. The third kappa shape index (κ3) is 4.58. The van der Waals surface area contributed by atoms with E-state index in [1.165, 1.54) is 6.08 Å². The standard InChI is InChI=1S/C17H14ClNO7S2/c18-11-3-1-10(2-4-11)13-6-5-12(26-13)9-14-16(22)19(8-7-15(20)21)17(27-14)28(23,24)25/h1-6,9,17H,7-8H2,(H,20,21)(H,23,24,25). The van der Waals surface area contributed by atoms with Gasteiger partial charge in [0, 0.05) is 23.2 Å². The molecule has 1 unspecified atom stereocenters. The van der Waals surface area contributed by atoms with Gasteiger partial charge in [-0.15, -0.1) is 0 Å². The summed E-state index contributed by atoms with van der Waals surface area (Å²) in [6.07, 6.45) is 0.901. The van der Waals surface area contributed by atoms with Gasteiger partial charge in [-0.05, 0) is 36.4 Å². The lowest BCUT2D eigenvalue weighted by molar-refractivity contribution is -0.137. The van der Waals surface area contributed by atoms with E-state index in [9.17, 15) is 22.6 Å². The van der Waals surface area contributed by atoms with E-state index >= 15 is 0 Å². The minimum absolute atomic E-state index is 0.0185. The van der Waals surface area contributed by atoms with E-state index in [1.54, 1.807) is 36.4 Å². The van der Waals surface area contributed by atoms with Crippen LogP contribution in [0.15, 0.2) is 45.7 Å². The number of carbonyl (C=O) groups excluding carboxylic acids is 1. The van der Waals surface area contributed by atoms with Crippen LogP contribution >= 0.6 is 23.4 Å². The fourth-order valence-corrected chi connectivity index (χ4v) is 4.92. The van der Waals surface area contributed by atoms with Crippen molar-refractivity contribution in [2.75, 3.05) is 6.54 Å². The van der Waals surface area contributed by atoms with Crippen LogP contribution in [0.5, 0.6) is 0 Å². The number of thioether (sulfide) groups is 1. The molecule has 1 aromatic carbocycles. The van der Waals surface area contributed by atoms with Gasteiger partial charge in [-0.25, -0.2) is 0 Å². The number of hydrogen-bond donors (Lipinski definition) is 2. The normalized spacial score (nSPS) is 18.8. The number of amides is 1. The zero-order chi connectivity index (χ0) is 20.5. The molecule has 2 heterocycles. The summed E-state index contributed by atoms with van der Waals surface area (Å²) < 4.78 is 36.6. The van der Waals surface area contributed by atoms with Crippen molar-refractivity contribution in [2.24, 2.45) is 0 Å². The van der Waals surface area contributed by atoms with Crippen molar-refractivity contribution in [1.29, 1.82) is 0 Å². The molecule has 0 radical (unpaired) electrons. The molecule has 1 amide bonds. The molecule has 3 rings (SSSR count). The van der Waals surface area contributed by atoms with Crippen molar-refractivity contribution in [1.82, 2.24) is 4.90 Å². The van der Waals surface area contributed by atoms with E-state index in [-0.39, 0.29) is 11.4 Å². The molecule has 0 spiro atoms. The first-order chi connectivity index (χ1) is 13.1. The van der Waals surface area contributed by atoms with Crippen LogP contribution < -0.4 is 0 Å². The van der Waals surface area contributed by atoms with Gasteiger partial charge in [0.1, 0.15) is 11.5 Å². The summed E-state index contributed by atoms with van der Waals surface area (Å²) in [5, 5.41) is 9.36. The summed E-state index contributed by atoms with van der Waals surface area (Å²) in [7, 11) is -4.61. The maximum absolute atomic E-state index is 12.5. The fourth-order valence-electron chi connectivity index (χ4n) is 2.53. The Balaban J connectivity index is 1.86. The predicted molar refractivity (Wildman–Crippen MR) is 104 cm³/mol. The van der Waals surface area contributed by atoms with Gasteiger partial charge < -0.3 is 14.4 Å². The lowest BCUT2D eigenvalue weighted by Crippen LogP contribution is -2.38. The number of benzene rings is 1. The molecule has 1 aromatic heterocycles. The van der Waals surface area contributed by atoms with Gasteiger partial charge in [-0.3, -0.25) is 14.1 Å². The summed E-state index contributed by atoms with van der Waals surface area (Å²) in [5.41, 5.74) is 0.762. The number of nitrogens with zero attached hydrogens (tertiary/aromatic N) is 1. The smallest absolute Gasteiger partial charge is 0.305 e. The van der Waals surface area contributed by atoms with Gasteiger partial charge in [-0.2, -0.15) is 8.42 Å². The fraction of sp³-hybridized carbons (Fsp3) is 0.176. The molecule has 0 saturated carbocycles. The van der Waals surface area contributed by atoms with Gasteiger partial charge in [0.05, 0.1) is 11.3 Å². The van der Waals surface area contributed by atoms with Crippen LogP contribution in [0, 0.1) is 0 Å². The first-order valence-corrected chi connectivity index (χ1v) is 10.6. The zero-order valence-electron chi connectivity index (χ0n) is 14.1. The third-order valence-corrected chi connectivity index (χ3v) is 6.84. The van der Waals surface area contributed by atoms with Crippen LogP contribution in [0.1, 0.15) is 12.2 Å². The number of carboxylic acids is 1. The number of furan rings is 1. The Kier molecular flexibility index (Phi) is 5.84. The summed E-state index contributed by atoms with van der Waals surface area (Å²) in [4.78, 5) is 24.1. The van der Waals surface area contributed by atoms with Gasteiger partial charge in [-0.1, -0.05) is 23.4 Å². The molecule has 1 aliphatic heterocycles. The highest BCUT2D eigenvalue weighted by molar-refractivity contribution is 8.15. The highest BCUT2D eigenvalue weighted by Crippen LogP contribution is 2.39. The van der Waals surface area contributed by atoms with Gasteiger partial charge in [0.2, 0.25) is 4.71 Å². The largest absolute Gasteiger partial charge is 0.481 e. The number of carbonyl (C=O) groups is 2. The van der Waals surface area contributed by atoms with E-state index < -0.39 is 33.1 Å². The Labute approximate surface area is 169 Å². The highest BCUT2D eigenvalue weighted by atomic mass is 35.5. The molecular formula is C17H14ClNO7S2. The molecule has 2 N–H and O–H groups in total. The number of halogens is 1. The van der Waals surface area contributed by atoms with E-state index in [0.717, 1.165) is 10.5 Å². The Morgan fingerprint density at radius 3 is 2.54 bits per heavy atom. The lowest BCUT2D eigenvalue weighted by atomic mass is 10.2. The van der Waals surface area contributed by atoms with Crippen LogP contribution in [0.4, 0.5) is 0 Å². The maximum atomic E-state index is 12.5. The lowest BCUT2D eigenvalue weighted by Gasteiger charge is -2.19. The average molecular weight is 444 g/mol. The second-order valence-corrected chi connectivity index (χ2v) is 9.13. The van der Waals surface area contributed by atoms with E-state index in [1.807, 2.05) is 0 Å². The van der Waals surface area contributed by atoms with Crippen molar-refractivity contribution >= 4 is 51.4 Å². The summed E-state index contributed by atoms with van der Waals surface area (Å²) in [5.74, 6) is -1.07. The molecule has 11 heteroatoms. The number of hydrogen-bond acceptors (Lipinski definition) is 6. The highest BCUT2D eigenvalue weighted by Gasteiger charge is 2.43. The summed E-state index contributed by atoms with van der Waals surface area (Å²) in [6, 6.07) is 10.2. The van der Waals surface area contributed by atoms with Crippen LogP contribution in [0.25, 0.3) is 17.4 Å². The van der Waals surface area contributed by atoms with Crippen LogP contribution in [-0.2, 0) is 19.7 Å². The molecule has 1 fully saturated rings. The first kappa shape index (κ1) is 20.5. The quantitative estimate of drug-likeness (QED) is 0.515. The van der Waals surface area contributed by atoms with Crippen molar-refractivity contribution in [3.8, 4) is 11.3 Å². The van der Waals surface area contributed by atoms with E-state index in [4.69, 9.17) is 21.1 Å². The Morgan fingerprint density at radius 2 is 1.93 bits per heavy atom. The Bertz CT molecular complexity index is 1040. The third-order valence-electron chi connectivity index (χ3n) is 3.80. The minimum Gasteiger partial charge on any atom is -0.481 e. The van der Waals surface area contributed by atoms with Crippen molar-refractivity contribution in [2.45, 2.75) is 11.1 Å². The molecular weight excluding hydrogens is 430 g/mol. The second-order valence-electron chi connectivity index (χ2n) is 5.80. The summed E-state index contributed by atoms with van der Waals surface area (Å²) in [6.45, 7) is -0.350. The average Bonchev–Trinajstić information content (AvgIpc) is 3.19. The topological polar surface area (TPSA) is 125 Å². The molecule has 0 aliphatic carbocycles. The molecule has 148 valence electrons. The molecule has 28 heavy (non-hydrogen) atoms. The van der Waals surface area contributed by atoms with Crippen molar-refractivity contribution in [3.05, 3.63) is 52.1 Å². The number of rotatable bonds is 6. The molecule has 2 aromatic rings. The van der Waals surface area contributed by atoms with Crippen molar-refractivity contribution < 1.29 is 32.1 Å². The molecule has 1 atom stereocenters.